The summed E-state index contributed by atoms with van der Waals surface area (Å²) in [5.74, 6) is -0.00565. The lowest BCUT2D eigenvalue weighted by molar-refractivity contribution is 0.0982. The van der Waals surface area contributed by atoms with Crippen LogP contribution in [0, 0.1) is 13.8 Å². The number of phenolic OH excluding ortho intramolecular Hbond substituents is 1. The first-order chi connectivity index (χ1) is 9.54. The lowest BCUT2D eigenvalue weighted by Gasteiger charge is -2.23. The number of nitrogens with zero attached hydrogens (tertiary/aromatic N) is 2. The zero-order valence-electron chi connectivity index (χ0n) is 11.9. The highest BCUT2D eigenvalue weighted by Crippen LogP contribution is 2.26. The summed E-state index contributed by atoms with van der Waals surface area (Å²) < 4.78 is 0. The Labute approximate surface area is 118 Å². The van der Waals surface area contributed by atoms with E-state index in [2.05, 4.69) is 4.98 Å². The highest BCUT2D eigenvalue weighted by atomic mass is 16.3. The van der Waals surface area contributed by atoms with E-state index in [0.717, 1.165) is 11.1 Å². The van der Waals surface area contributed by atoms with Crippen molar-refractivity contribution in [2.75, 3.05) is 11.4 Å². The molecule has 0 bridgehead atoms. The fourth-order valence-electron chi connectivity index (χ4n) is 2.15. The molecule has 1 aromatic heterocycles. The standard InChI is InChI=1S/C16H18N2O2/c1-4-18(14-10-13(19)8-7-11(14)2)16(20)15-12(3)6-5-9-17-15/h5-10,19H,4H2,1-3H3. The van der Waals surface area contributed by atoms with Gasteiger partial charge in [-0.25, -0.2) is 0 Å². The molecule has 2 rings (SSSR count). The molecule has 4 nitrogen and oxygen atoms in total. The Morgan fingerprint density at radius 3 is 2.65 bits per heavy atom. The summed E-state index contributed by atoms with van der Waals surface area (Å²) in [6.45, 7) is 6.19. The molecule has 0 spiro atoms. The summed E-state index contributed by atoms with van der Waals surface area (Å²) in [7, 11) is 0. The number of benzene rings is 1. The minimum absolute atomic E-state index is 0.148. The number of aromatic hydroxyl groups is 1. The summed E-state index contributed by atoms with van der Waals surface area (Å²) in [5.41, 5.74) is 2.93. The molecule has 20 heavy (non-hydrogen) atoms. The number of aromatic nitrogens is 1. The first-order valence-electron chi connectivity index (χ1n) is 6.57. The number of hydrogen-bond donors (Lipinski definition) is 1. The number of anilines is 1. The van der Waals surface area contributed by atoms with Crippen LogP contribution in [0.15, 0.2) is 36.5 Å². The van der Waals surface area contributed by atoms with Crippen molar-refractivity contribution in [3.8, 4) is 5.75 Å². The smallest absolute Gasteiger partial charge is 0.277 e. The lowest BCUT2D eigenvalue weighted by atomic mass is 10.1. The summed E-state index contributed by atoms with van der Waals surface area (Å²) in [5, 5.41) is 9.64. The quantitative estimate of drug-likeness (QED) is 0.932. The van der Waals surface area contributed by atoms with E-state index in [4.69, 9.17) is 0 Å². The van der Waals surface area contributed by atoms with Crippen LogP contribution >= 0.6 is 0 Å². The summed E-state index contributed by atoms with van der Waals surface area (Å²) >= 11 is 0. The number of rotatable bonds is 3. The number of aryl methyl sites for hydroxylation is 2. The van der Waals surface area contributed by atoms with Crippen LogP contribution < -0.4 is 4.90 Å². The maximum Gasteiger partial charge on any atom is 0.277 e. The maximum atomic E-state index is 12.6. The molecule has 0 aliphatic rings. The lowest BCUT2D eigenvalue weighted by Crippen LogP contribution is -2.32. The SMILES string of the molecule is CCN(C(=O)c1ncccc1C)c1cc(O)ccc1C. The number of amides is 1. The highest BCUT2D eigenvalue weighted by Gasteiger charge is 2.20. The third-order valence-electron chi connectivity index (χ3n) is 3.26. The van der Waals surface area contributed by atoms with Gasteiger partial charge in [-0.15, -0.1) is 0 Å². The second-order valence-corrected chi connectivity index (χ2v) is 4.69. The van der Waals surface area contributed by atoms with Crippen molar-refractivity contribution in [1.82, 2.24) is 4.98 Å². The van der Waals surface area contributed by atoms with Crippen LogP contribution in [0.1, 0.15) is 28.5 Å². The van der Waals surface area contributed by atoms with E-state index in [-0.39, 0.29) is 11.7 Å². The molecule has 104 valence electrons. The molecule has 0 saturated carbocycles. The van der Waals surface area contributed by atoms with Crippen LogP contribution in [-0.2, 0) is 0 Å². The van der Waals surface area contributed by atoms with Crippen LogP contribution in [0.2, 0.25) is 0 Å². The van der Waals surface area contributed by atoms with Crippen molar-refractivity contribution < 1.29 is 9.90 Å². The number of pyridine rings is 1. The zero-order chi connectivity index (χ0) is 14.7. The van der Waals surface area contributed by atoms with Crippen LogP contribution in [-0.4, -0.2) is 22.5 Å². The molecule has 0 fully saturated rings. The van der Waals surface area contributed by atoms with Crippen molar-refractivity contribution in [2.45, 2.75) is 20.8 Å². The van der Waals surface area contributed by atoms with Gasteiger partial charge in [-0.1, -0.05) is 12.1 Å². The molecule has 1 aromatic carbocycles. The number of phenols is 1. The predicted octanol–water partition coefficient (Wildman–Crippen LogP) is 3.07. The van der Waals surface area contributed by atoms with Crippen LogP contribution in [0.4, 0.5) is 5.69 Å². The van der Waals surface area contributed by atoms with Crippen molar-refractivity contribution in [1.29, 1.82) is 0 Å². The Hall–Kier alpha value is -2.36. The highest BCUT2D eigenvalue weighted by molar-refractivity contribution is 6.06. The van der Waals surface area contributed by atoms with Crippen molar-refractivity contribution in [2.24, 2.45) is 0 Å². The van der Waals surface area contributed by atoms with Gasteiger partial charge in [0.25, 0.3) is 5.91 Å². The monoisotopic (exact) mass is 270 g/mol. The Morgan fingerprint density at radius 2 is 2.00 bits per heavy atom. The van der Waals surface area contributed by atoms with E-state index in [1.54, 1.807) is 29.3 Å². The summed E-state index contributed by atoms with van der Waals surface area (Å²) in [6, 6.07) is 8.69. The van der Waals surface area contributed by atoms with Gasteiger partial charge in [0, 0.05) is 18.8 Å². The molecule has 0 saturated heterocycles. The molecular weight excluding hydrogens is 252 g/mol. The summed E-state index contributed by atoms with van der Waals surface area (Å²) in [4.78, 5) is 18.4. The molecule has 4 heteroatoms. The molecule has 0 atom stereocenters. The largest absolute Gasteiger partial charge is 0.508 e. The molecule has 1 heterocycles. The Morgan fingerprint density at radius 1 is 1.25 bits per heavy atom. The van der Waals surface area contributed by atoms with E-state index in [0.29, 0.717) is 17.9 Å². The van der Waals surface area contributed by atoms with Crippen LogP contribution in [0.3, 0.4) is 0 Å². The topological polar surface area (TPSA) is 53.4 Å². The van der Waals surface area contributed by atoms with Crippen LogP contribution in [0.25, 0.3) is 0 Å². The van der Waals surface area contributed by atoms with Gasteiger partial charge in [-0.05, 0) is 44.0 Å². The second kappa shape index (κ2) is 5.74. The predicted molar refractivity (Wildman–Crippen MR) is 79.2 cm³/mol. The number of hydrogen-bond acceptors (Lipinski definition) is 3. The second-order valence-electron chi connectivity index (χ2n) is 4.69. The Balaban J connectivity index is 2.45. The minimum Gasteiger partial charge on any atom is -0.508 e. The van der Waals surface area contributed by atoms with Gasteiger partial charge >= 0.3 is 0 Å². The van der Waals surface area contributed by atoms with Gasteiger partial charge in [0.15, 0.2) is 0 Å². The average Bonchev–Trinajstić information content (AvgIpc) is 2.44. The molecule has 0 aliphatic carbocycles. The van der Waals surface area contributed by atoms with Crippen molar-refractivity contribution in [3.63, 3.8) is 0 Å². The molecule has 1 N–H and O–H groups in total. The van der Waals surface area contributed by atoms with E-state index in [1.807, 2.05) is 32.9 Å². The van der Waals surface area contributed by atoms with Crippen LogP contribution in [0.5, 0.6) is 5.75 Å². The van der Waals surface area contributed by atoms with Gasteiger partial charge < -0.3 is 10.0 Å². The van der Waals surface area contributed by atoms with Gasteiger partial charge in [0.2, 0.25) is 0 Å². The maximum absolute atomic E-state index is 12.6. The first-order valence-corrected chi connectivity index (χ1v) is 6.57. The Bertz CT molecular complexity index is 638. The fourth-order valence-corrected chi connectivity index (χ4v) is 2.15. The molecule has 0 aliphatic heterocycles. The average molecular weight is 270 g/mol. The minimum atomic E-state index is -0.153. The van der Waals surface area contributed by atoms with Gasteiger partial charge in [-0.3, -0.25) is 9.78 Å². The number of carbonyl (C=O) groups is 1. The van der Waals surface area contributed by atoms with Crippen molar-refractivity contribution >= 4 is 11.6 Å². The van der Waals surface area contributed by atoms with Crippen molar-refractivity contribution in [3.05, 3.63) is 53.3 Å². The summed E-state index contributed by atoms with van der Waals surface area (Å²) in [6.07, 6.45) is 1.61. The third kappa shape index (κ3) is 2.64. The Kier molecular flexibility index (Phi) is 4.03. The molecule has 0 radical (unpaired) electrons. The van der Waals surface area contributed by atoms with Gasteiger partial charge in [0.05, 0.1) is 5.69 Å². The number of carbonyl (C=O) groups excluding carboxylic acids is 1. The third-order valence-corrected chi connectivity index (χ3v) is 3.26. The zero-order valence-corrected chi connectivity index (χ0v) is 11.9. The van der Waals surface area contributed by atoms with E-state index < -0.39 is 0 Å². The van der Waals surface area contributed by atoms with Gasteiger partial charge in [0.1, 0.15) is 11.4 Å². The first kappa shape index (κ1) is 14.1. The van der Waals surface area contributed by atoms with E-state index in [9.17, 15) is 9.90 Å². The molecular formula is C16H18N2O2. The molecule has 2 aromatic rings. The van der Waals surface area contributed by atoms with E-state index >= 15 is 0 Å². The molecule has 0 unspecified atom stereocenters. The molecule has 1 amide bonds. The fraction of sp³-hybridized carbons (Fsp3) is 0.250. The normalized spacial score (nSPS) is 10.3. The van der Waals surface area contributed by atoms with E-state index in [1.165, 1.54) is 0 Å². The van der Waals surface area contributed by atoms with Gasteiger partial charge in [-0.2, -0.15) is 0 Å².